The first-order valence-electron chi connectivity index (χ1n) is 10.4. The molecular formula is C20H32N2O2S. The van der Waals surface area contributed by atoms with Crippen LogP contribution in [0.4, 0.5) is 0 Å². The molecule has 0 unspecified atom stereocenters. The number of nitrogens with zero attached hydrogens (tertiary/aromatic N) is 2. The SMILES string of the molecule is O=C(CSCC(=O)N1CC[C@@H]2CCCC[C@@H]21)N1CC[C@@H]2CCCC[C@H]21. The molecule has 0 aromatic heterocycles. The molecular weight excluding hydrogens is 332 g/mol. The van der Waals surface area contributed by atoms with Gasteiger partial charge in [-0.3, -0.25) is 9.59 Å². The molecule has 0 aromatic rings. The quantitative estimate of drug-likeness (QED) is 0.768. The number of likely N-dealkylation sites (tertiary alicyclic amines) is 2. The predicted octanol–water partition coefficient (Wildman–Crippen LogP) is 3.30. The fourth-order valence-electron chi connectivity index (χ4n) is 5.82. The minimum absolute atomic E-state index is 0.268. The van der Waals surface area contributed by atoms with Gasteiger partial charge in [0.1, 0.15) is 0 Å². The van der Waals surface area contributed by atoms with Crippen LogP contribution in [0.1, 0.15) is 64.2 Å². The van der Waals surface area contributed by atoms with Crippen LogP contribution in [-0.4, -0.2) is 58.3 Å². The summed E-state index contributed by atoms with van der Waals surface area (Å²) < 4.78 is 0. The van der Waals surface area contributed by atoms with E-state index >= 15 is 0 Å². The average molecular weight is 365 g/mol. The molecule has 0 radical (unpaired) electrons. The second kappa shape index (κ2) is 7.89. The standard InChI is InChI=1S/C20H32N2O2S/c23-19(21-11-9-15-5-1-3-7-17(15)21)13-25-14-20(24)22-12-10-16-6-2-4-8-18(16)22/h15-18H,1-14H2/t15-,16-,17-,18+/m0/s1. The Morgan fingerprint density at radius 2 is 1.12 bits per heavy atom. The summed E-state index contributed by atoms with van der Waals surface area (Å²) in [6, 6.07) is 0.998. The van der Waals surface area contributed by atoms with Gasteiger partial charge in [-0.25, -0.2) is 0 Å². The average Bonchev–Trinajstić information content (AvgIpc) is 3.26. The Kier molecular flexibility index (Phi) is 5.59. The van der Waals surface area contributed by atoms with Gasteiger partial charge in [-0.2, -0.15) is 0 Å². The Hall–Kier alpha value is -0.710. The summed E-state index contributed by atoms with van der Waals surface area (Å²) in [5.74, 6) is 3.00. The largest absolute Gasteiger partial charge is 0.339 e. The number of thioether (sulfide) groups is 1. The zero-order chi connectivity index (χ0) is 17.2. The van der Waals surface area contributed by atoms with Crippen molar-refractivity contribution in [2.75, 3.05) is 24.6 Å². The highest BCUT2D eigenvalue weighted by atomic mass is 32.2. The lowest BCUT2D eigenvalue weighted by molar-refractivity contribution is -0.130. The van der Waals surface area contributed by atoms with E-state index in [1.54, 1.807) is 0 Å². The molecule has 2 saturated carbocycles. The second-order valence-electron chi connectivity index (χ2n) is 8.47. The first kappa shape index (κ1) is 17.7. The van der Waals surface area contributed by atoms with Crippen LogP contribution in [0.2, 0.25) is 0 Å². The molecule has 140 valence electrons. The molecule has 4 aliphatic rings. The molecule has 4 nitrogen and oxygen atoms in total. The highest BCUT2D eigenvalue weighted by Gasteiger charge is 2.39. The third-order valence-electron chi connectivity index (χ3n) is 7.11. The number of hydrogen-bond donors (Lipinski definition) is 0. The Morgan fingerprint density at radius 3 is 1.60 bits per heavy atom. The third kappa shape index (κ3) is 3.72. The summed E-state index contributed by atoms with van der Waals surface area (Å²) in [6.07, 6.45) is 12.6. The Balaban J connectivity index is 1.22. The van der Waals surface area contributed by atoms with Crippen LogP contribution in [0.5, 0.6) is 0 Å². The number of fused-ring (bicyclic) bond motifs is 2. The van der Waals surface area contributed by atoms with E-state index < -0.39 is 0 Å². The summed E-state index contributed by atoms with van der Waals surface area (Å²) in [6.45, 7) is 1.89. The van der Waals surface area contributed by atoms with Gasteiger partial charge in [0.05, 0.1) is 11.5 Å². The van der Waals surface area contributed by atoms with Crippen LogP contribution < -0.4 is 0 Å². The lowest BCUT2D eigenvalue weighted by Gasteiger charge is -2.32. The lowest BCUT2D eigenvalue weighted by Crippen LogP contribution is -2.41. The minimum atomic E-state index is 0.268. The van der Waals surface area contributed by atoms with E-state index in [2.05, 4.69) is 9.80 Å². The summed E-state index contributed by atoms with van der Waals surface area (Å²) in [4.78, 5) is 29.5. The van der Waals surface area contributed by atoms with E-state index in [-0.39, 0.29) is 11.8 Å². The smallest absolute Gasteiger partial charge is 0.232 e. The second-order valence-corrected chi connectivity index (χ2v) is 9.45. The topological polar surface area (TPSA) is 40.6 Å². The predicted molar refractivity (Wildman–Crippen MR) is 101 cm³/mol. The van der Waals surface area contributed by atoms with Crippen molar-refractivity contribution in [1.82, 2.24) is 9.80 Å². The normalized spacial score (nSPS) is 34.7. The van der Waals surface area contributed by atoms with E-state index in [0.717, 1.165) is 24.9 Å². The van der Waals surface area contributed by atoms with Gasteiger partial charge >= 0.3 is 0 Å². The van der Waals surface area contributed by atoms with Crippen molar-refractivity contribution in [1.29, 1.82) is 0 Å². The van der Waals surface area contributed by atoms with Crippen LogP contribution >= 0.6 is 11.8 Å². The fourth-order valence-corrected chi connectivity index (χ4v) is 6.61. The van der Waals surface area contributed by atoms with Crippen molar-refractivity contribution in [3.05, 3.63) is 0 Å². The number of carbonyl (C=O) groups is 2. The molecule has 5 heteroatoms. The molecule has 0 spiro atoms. The van der Waals surface area contributed by atoms with Crippen molar-refractivity contribution in [2.24, 2.45) is 11.8 Å². The number of rotatable bonds is 4. The third-order valence-corrected chi connectivity index (χ3v) is 8.01. The highest BCUT2D eigenvalue weighted by Crippen LogP contribution is 2.37. The number of hydrogen-bond acceptors (Lipinski definition) is 3. The molecule has 2 amide bonds. The van der Waals surface area contributed by atoms with Crippen molar-refractivity contribution < 1.29 is 9.59 Å². The van der Waals surface area contributed by atoms with Crippen molar-refractivity contribution >= 4 is 23.6 Å². The van der Waals surface area contributed by atoms with Gasteiger partial charge in [0.2, 0.25) is 11.8 Å². The van der Waals surface area contributed by atoms with Crippen LogP contribution in [-0.2, 0) is 9.59 Å². The summed E-state index contributed by atoms with van der Waals surface area (Å²) in [5, 5.41) is 0. The van der Waals surface area contributed by atoms with E-state index in [1.165, 1.54) is 76.0 Å². The van der Waals surface area contributed by atoms with Crippen molar-refractivity contribution in [3.8, 4) is 0 Å². The summed E-state index contributed by atoms with van der Waals surface area (Å²) in [7, 11) is 0. The first-order chi connectivity index (χ1) is 12.2. The molecule has 4 atom stereocenters. The van der Waals surface area contributed by atoms with Gasteiger partial charge in [0.25, 0.3) is 0 Å². The van der Waals surface area contributed by atoms with Crippen LogP contribution in [0, 0.1) is 11.8 Å². The molecule has 25 heavy (non-hydrogen) atoms. The molecule has 2 saturated heterocycles. The number of carbonyl (C=O) groups excluding carboxylic acids is 2. The monoisotopic (exact) mass is 364 g/mol. The lowest BCUT2D eigenvalue weighted by atomic mass is 9.85. The van der Waals surface area contributed by atoms with Gasteiger partial charge in [-0.15, -0.1) is 11.8 Å². The molecule has 4 fully saturated rings. The van der Waals surface area contributed by atoms with Gasteiger partial charge in [0.15, 0.2) is 0 Å². The maximum absolute atomic E-state index is 12.6. The Bertz CT molecular complexity index is 468. The molecule has 4 rings (SSSR count). The fraction of sp³-hybridized carbons (Fsp3) is 0.900. The Labute approximate surface area is 156 Å². The molecule has 0 aromatic carbocycles. The highest BCUT2D eigenvalue weighted by molar-refractivity contribution is 8.00. The maximum Gasteiger partial charge on any atom is 0.232 e. The summed E-state index contributed by atoms with van der Waals surface area (Å²) >= 11 is 1.54. The van der Waals surface area contributed by atoms with E-state index in [1.807, 2.05) is 0 Å². The van der Waals surface area contributed by atoms with Gasteiger partial charge in [-0.05, 0) is 50.4 Å². The van der Waals surface area contributed by atoms with E-state index in [9.17, 15) is 9.59 Å². The number of amides is 2. The maximum atomic E-state index is 12.6. The molecule has 2 aliphatic heterocycles. The molecule has 0 N–H and O–H groups in total. The zero-order valence-corrected chi connectivity index (χ0v) is 16.1. The molecule has 0 bridgehead atoms. The van der Waals surface area contributed by atoms with E-state index in [4.69, 9.17) is 0 Å². The van der Waals surface area contributed by atoms with Crippen molar-refractivity contribution in [2.45, 2.75) is 76.3 Å². The Morgan fingerprint density at radius 1 is 0.680 bits per heavy atom. The van der Waals surface area contributed by atoms with Gasteiger partial charge in [-0.1, -0.05) is 25.7 Å². The molecule has 2 heterocycles. The van der Waals surface area contributed by atoms with Crippen LogP contribution in [0.15, 0.2) is 0 Å². The van der Waals surface area contributed by atoms with Gasteiger partial charge < -0.3 is 9.80 Å². The minimum Gasteiger partial charge on any atom is -0.339 e. The van der Waals surface area contributed by atoms with E-state index in [0.29, 0.717) is 23.6 Å². The first-order valence-corrected chi connectivity index (χ1v) is 11.6. The van der Waals surface area contributed by atoms with Crippen LogP contribution in [0.3, 0.4) is 0 Å². The van der Waals surface area contributed by atoms with Crippen molar-refractivity contribution in [3.63, 3.8) is 0 Å². The van der Waals surface area contributed by atoms with Crippen LogP contribution in [0.25, 0.3) is 0 Å². The summed E-state index contributed by atoms with van der Waals surface area (Å²) in [5.41, 5.74) is 0. The zero-order valence-electron chi connectivity index (χ0n) is 15.3. The molecule has 2 aliphatic carbocycles. The van der Waals surface area contributed by atoms with Gasteiger partial charge in [0, 0.05) is 25.2 Å².